The second-order valence-corrected chi connectivity index (χ2v) is 6.93. The van der Waals surface area contributed by atoms with E-state index in [0.29, 0.717) is 18.7 Å². The van der Waals surface area contributed by atoms with Crippen LogP contribution in [0.2, 0.25) is 0 Å². The zero-order valence-corrected chi connectivity index (χ0v) is 14.5. The van der Waals surface area contributed by atoms with Gasteiger partial charge in [0.15, 0.2) is 5.78 Å². The van der Waals surface area contributed by atoms with Gasteiger partial charge in [0.2, 0.25) is 0 Å². The van der Waals surface area contributed by atoms with Gasteiger partial charge in [-0.1, -0.05) is 6.07 Å². The number of hydrogen-bond acceptors (Lipinski definition) is 4. The maximum Gasteiger partial charge on any atom is 0.330 e. The molecule has 2 aliphatic rings. The minimum Gasteiger partial charge on any atom is -0.379 e. The number of ketones is 1. The molecule has 0 bridgehead atoms. The number of carbonyl (C=O) groups is 1. The van der Waals surface area contributed by atoms with E-state index in [9.17, 15) is 14.4 Å². The van der Waals surface area contributed by atoms with Crippen LogP contribution >= 0.6 is 0 Å². The molecule has 2 aromatic rings. The van der Waals surface area contributed by atoms with E-state index in [2.05, 4.69) is 11.4 Å². The smallest absolute Gasteiger partial charge is 0.330 e. The van der Waals surface area contributed by atoms with Crippen molar-refractivity contribution in [3.05, 3.63) is 60.9 Å². The number of carbonyl (C=O) groups excluding carboxylic acids is 1. The Morgan fingerprint density at radius 2 is 1.76 bits per heavy atom. The molecule has 0 saturated carbocycles. The Labute approximate surface area is 145 Å². The summed E-state index contributed by atoms with van der Waals surface area (Å²) in [5.74, 6) is 0.185. The Morgan fingerprint density at radius 1 is 0.960 bits per heavy atom. The molecule has 1 heterocycles. The van der Waals surface area contributed by atoms with Crippen molar-refractivity contribution in [2.75, 3.05) is 5.32 Å². The Hall–Kier alpha value is -2.63. The van der Waals surface area contributed by atoms with Crippen LogP contribution in [0.15, 0.2) is 21.7 Å². The molecule has 6 heteroatoms. The first-order chi connectivity index (χ1) is 12.0. The van der Waals surface area contributed by atoms with Crippen molar-refractivity contribution in [2.45, 2.75) is 38.6 Å². The maximum absolute atomic E-state index is 12.4. The largest absolute Gasteiger partial charge is 0.379 e. The van der Waals surface area contributed by atoms with Crippen molar-refractivity contribution >= 4 is 11.5 Å². The molecule has 0 atom stereocenters. The topological polar surface area (TPSA) is 73.1 Å². The van der Waals surface area contributed by atoms with Gasteiger partial charge >= 0.3 is 5.69 Å². The van der Waals surface area contributed by atoms with Gasteiger partial charge in [0.25, 0.3) is 5.56 Å². The fourth-order valence-corrected chi connectivity index (χ4v) is 4.02. The summed E-state index contributed by atoms with van der Waals surface area (Å²) in [6.45, 7) is 0.345. The lowest BCUT2D eigenvalue weighted by molar-refractivity contribution is 0.0995. The number of aryl methyl sites for hydroxylation is 2. The summed E-state index contributed by atoms with van der Waals surface area (Å²) in [6, 6.07) is 3.67. The Kier molecular flexibility index (Phi) is 3.63. The van der Waals surface area contributed by atoms with Crippen LogP contribution in [-0.2, 0) is 39.9 Å². The molecule has 0 radical (unpaired) electrons. The second-order valence-electron chi connectivity index (χ2n) is 6.93. The van der Waals surface area contributed by atoms with Crippen LogP contribution in [0.25, 0.3) is 0 Å². The Balaban J connectivity index is 1.75. The first-order valence-electron chi connectivity index (χ1n) is 8.68. The average molecular weight is 339 g/mol. The molecule has 0 spiro atoms. The number of benzene rings is 1. The van der Waals surface area contributed by atoms with Crippen LogP contribution in [0, 0.1) is 0 Å². The van der Waals surface area contributed by atoms with E-state index < -0.39 is 0 Å². The molecular formula is C19H21N3O3. The van der Waals surface area contributed by atoms with Crippen molar-refractivity contribution in [3.8, 4) is 0 Å². The quantitative estimate of drug-likeness (QED) is 0.915. The molecule has 1 N–H and O–H groups in total. The zero-order valence-electron chi connectivity index (χ0n) is 14.5. The number of anilines is 1. The molecule has 0 fully saturated rings. The van der Waals surface area contributed by atoms with Gasteiger partial charge in [-0.3, -0.25) is 18.7 Å². The molecule has 0 amide bonds. The first-order valence-corrected chi connectivity index (χ1v) is 8.68. The second kappa shape index (κ2) is 5.72. The number of hydrogen-bond donors (Lipinski definition) is 1. The minimum atomic E-state index is -0.344. The lowest BCUT2D eigenvalue weighted by atomic mass is 9.98. The molecule has 130 valence electrons. The monoisotopic (exact) mass is 339 g/mol. The predicted molar refractivity (Wildman–Crippen MR) is 95.4 cm³/mol. The number of aromatic nitrogens is 2. The highest BCUT2D eigenvalue weighted by Gasteiger charge is 2.28. The van der Waals surface area contributed by atoms with Crippen LogP contribution < -0.4 is 16.6 Å². The summed E-state index contributed by atoms with van der Waals surface area (Å²) in [4.78, 5) is 36.4. The summed E-state index contributed by atoms with van der Waals surface area (Å²) in [5.41, 5.74) is 5.36. The van der Waals surface area contributed by atoms with Gasteiger partial charge in [-0.25, -0.2) is 4.79 Å². The third kappa shape index (κ3) is 2.44. The summed E-state index contributed by atoms with van der Waals surface area (Å²) >= 11 is 0. The van der Waals surface area contributed by atoms with E-state index in [0.717, 1.165) is 47.1 Å². The average Bonchev–Trinajstić information content (AvgIpc) is 3.21. The molecule has 2 aliphatic carbocycles. The van der Waals surface area contributed by atoms with Crippen LogP contribution in [0.1, 0.15) is 45.6 Å². The van der Waals surface area contributed by atoms with E-state index in [1.165, 1.54) is 28.8 Å². The highest BCUT2D eigenvalue weighted by Crippen LogP contribution is 2.38. The molecule has 0 unspecified atom stereocenters. The molecule has 0 aliphatic heterocycles. The fraction of sp³-hybridized carbons (Fsp3) is 0.421. The van der Waals surface area contributed by atoms with Crippen molar-refractivity contribution in [1.82, 2.24) is 9.13 Å². The number of Topliss-reactive ketones (excluding diaryl/α,β-unsaturated/α-hetero) is 1. The van der Waals surface area contributed by atoms with E-state index in [1.807, 2.05) is 0 Å². The lowest BCUT2D eigenvalue weighted by Crippen LogP contribution is -2.38. The summed E-state index contributed by atoms with van der Waals surface area (Å²) in [6.07, 6.45) is 4.49. The van der Waals surface area contributed by atoms with Crippen LogP contribution in [-0.4, -0.2) is 14.9 Å². The normalized spacial score (nSPS) is 15.4. The van der Waals surface area contributed by atoms with Gasteiger partial charge in [-0.2, -0.15) is 0 Å². The summed E-state index contributed by atoms with van der Waals surface area (Å²) in [7, 11) is 3.13. The van der Waals surface area contributed by atoms with Crippen LogP contribution in [0.4, 0.5) is 5.69 Å². The molecule has 25 heavy (non-hydrogen) atoms. The van der Waals surface area contributed by atoms with Crippen LogP contribution in [0.3, 0.4) is 0 Å². The van der Waals surface area contributed by atoms with Gasteiger partial charge in [0.1, 0.15) is 0 Å². The molecule has 0 saturated heterocycles. The van der Waals surface area contributed by atoms with Gasteiger partial charge in [0.05, 0.1) is 6.54 Å². The van der Waals surface area contributed by atoms with E-state index in [-0.39, 0.29) is 17.0 Å². The molecule has 6 nitrogen and oxygen atoms in total. The maximum atomic E-state index is 12.4. The molecule has 1 aromatic carbocycles. The number of nitrogens with zero attached hydrogens (tertiary/aromatic N) is 2. The molecule has 1 aromatic heterocycles. The van der Waals surface area contributed by atoms with Crippen molar-refractivity contribution in [1.29, 1.82) is 0 Å². The first kappa shape index (κ1) is 15.9. The fourth-order valence-electron chi connectivity index (χ4n) is 4.02. The van der Waals surface area contributed by atoms with E-state index in [1.54, 1.807) is 7.05 Å². The Bertz CT molecular complexity index is 1010. The predicted octanol–water partition coefficient (Wildman–Crippen LogP) is 1.31. The lowest BCUT2D eigenvalue weighted by Gasteiger charge is -2.17. The van der Waals surface area contributed by atoms with Gasteiger partial charge in [-0.15, -0.1) is 0 Å². The number of fused-ring (bicyclic) bond motifs is 2. The van der Waals surface area contributed by atoms with E-state index >= 15 is 0 Å². The van der Waals surface area contributed by atoms with Crippen molar-refractivity contribution < 1.29 is 4.79 Å². The highest BCUT2D eigenvalue weighted by molar-refractivity contribution is 6.06. The number of nitrogens with one attached hydrogen (secondary N) is 1. The van der Waals surface area contributed by atoms with Gasteiger partial charge in [0, 0.05) is 43.5 Å². The summed E-state index contributed by atoms with van der Waals surface area (Å²) < 4.78 is 2.56. The Morgan fingerprint density at radius 3 is 2.56 bits per heavy atom. The van der Waals surface area contributed by atoms with Crippen molar-refractivity contribution in [2.24, 2.45) is 14.1 Å². The van der Waals surface area contributed by atoms with Crippen LogP contribution in [0.5, 0.6) is 0 Å². The highest BCUT2D eigenvalue weighted by atomic mass is 16.2. The molecular weight excluding hydrogens is 318 g/mol. The zero-order chi connectivity index (χ0) is 17.7. The minimum absolute atomic E-state index is 0.185. The van der Waals surface area contributed by atoms with Crippen molar-refractivity contribution in [3.63, 3.8) is 0 Å². The molecule has 4 rings (SSSR count). The van der Waals surface area contributed by atoms with Gasteiger partial charge < -0.3 is 5.32 Å². The van der Waals surface area contributed by atoms with E-state index in [4.69, 9.17) is 0 Å². The standard InChI is InChI=1S/C19H21N3O3/c1-21-13(9-16(24)22(2)19(21)25)10-20-18-14-5-3-4-11(14)8-12-6-7-15(23)17(12)18/h8-9,20H,3-7,10H2,1-2H3. The van der Waals surface area contributed by atoms with Gasteiger partial charge in [-0.05, 0) is 42.4 Å². The third-order valence-electron chi connectivity index (χ3n) is 5.45. The summed E-state index contributed by atoms with van der Waals surface area (Å²) in [5, 5.41) is 3.38. The number of rotatable bonds is 3. The third-order valence-corrected chi connectivity index (χ3v) is 5.45. The SMILES string of the molecule is Cn1c(CNc2c3c(cc4c2C(=O)CC4)CCC3)cc(=O)n(C)c1=O.